The highest BCUT2D eigenvalue weighted by Gasteiger charge is 2.25. The summed E-state index contributed by atoms with van der Waals surface area (Å²) in [4.78, 5) is 26.7. The van der Waals surface area contributed by atoms with Gasteiger partial charge in [-0.2, -0.15) is 0 Å². The molecule has 1 aliphatic rings. The monoisotopic (exact) mass is 242 g/mol. The quantitative estimate of drug-likeness (QED) is 0.767. The van der Waals surface area contributed by atoms with E-state index in [1.807, 2.05) is 4.90 Å². The Morgan fingerprint density at radius 1 is 1.18 bits per heavy atom. The summed E-state index contributed by atoms with van der Waals surface area (Å²) >= 11 is 0. The Labute approximate surface area is 102 Å². The summed E-state index contributed by atoms with van der Waals surface area (Å²) < 4.78 is 0. The second kappa shape index (κ2) is 6.59. The van der Waals surface area contributed by atoms with E-state index < -0.39 is 6.10 Å². The van der Waals surface area contributed by atoms with Crippen molar-refractivity contribution >= 4 is 11.8 Å². The van der Waals surface area contributed by atoms with E-state index in [4.69, 9.17) is 0 Å². The summed E-state index contributed by atoms with van der Waals surface area (Å²) in [7, 11) is 0. The molecule has 0 aliphatic carbocycles. The van der Waals surface area contributed by atoms with Crippen molar-refractivity contribution in [2.24, 2.45) is 0 Å². The zero-order valence-electron chi connectivity index (χ0n) is 10.7. The van der Waals surface area contributed by atoms with Crippen LogP contribution in [0.3, 0.4) is 0 Å². The predicted octanol–water partition coefficient (Wildman–Crippen LogP) is 0.228. The number of aliphatic hydroxyl groups excluding tert-OH is 1. The number of piperazine rings is 1. The van der Waals surface area contributed by atoms with Gasteiger partial charge in [0.25, 0.3) is 5.91 Å². The minimum Gasteiger partial charge on any atom is -0.384 e. The lowest BCUT2D eigenvalue weighted by atomic mass is 10.2. The van der Waals surface area contributed by atoms with Crippen LogP contribution in [-0.2, 0) is 9.59 Å². The molecule has 0 radical (unpaired) electrons. The van der Waals surface area contributed by atoms with E-state index >= 15 is 0 Å². The lowest BCUT2D eigenvalue weighted by Crippen LogP contribution is -2.52. The van der Waals surface area contributed by atoms with Crippen LogP contribution in [-0.4, -0.2) is 59.0 Å². The lowest BCUT2D eigenvalue weighted by Gasteiger charge is -2.35. The number of unbranched alkanes of at least 4 members (excludes halogenated alkanes) is 1. The van der Waals surface area contributed by atoms with Gasteiger partial charge in [-0.05, 0) is 13.3 Å². The topological polar surface area (TPSA) is 60.9 Å². The molecule has 0 aromatic heterocycles. The first-order valence-electron chi connectivity index (χ1n) is 6.31. The van der Waals surface area contributed by atoms with Crippen molar-refractivity contribution < 1.29 is 14.7 Å². The minimum absolute atomic E-state index is 0.177. The number of amides is 2. The molecule has 1 N–H and O–H groups in total. The Morgan fingerprint density at radius 2 is 1.71 bits per heavy atom. The van der Waals surface area contributed by atoms with Crippen molar-refractivity contribution in [1.82, 2.24) is 9.80 Å². The second-order valence-electron chi connectivity index (χ2n) is 4.49. The van der Waals surface area contributed by atoms with E-state index in [9.17, 15) is 14.7 Å². The fourth-order valence-electron chi connectivity index (χ4n) is 1.93. The average molecular weight is 242 g/mol. The second-order valence-corrected chi connectivity index (χ2v) is 4.49. The summed E-state index contributed by atoms with van der Waals surface area (Å²) in [5.41, 5.74) is 0. The van der Waals surface area contributed by atoms with Gasteiger partial charge in [0.2, 0.25) is 5.91 Å². The molecule has 0 saturated carbocycles. The molecule has 1 saturated heterocycles. The third kappa shape index (κ3) is 4.00. The van der Waals surface area contributed by atoms with Gasteiger partial charge in [0, 0.05) is 32.6 Å². The third-order valence-corrected chi connectivity index (χ3v) is 3.05. The van der Waals surface area contributed by atoms with Crippen LogP contribution in [0.1, 0.15) is 33.1 Å². The molecule has 1 fully saturated rings. The molecule has 1 unspecified atom stereocenters. The highest BCUT2D eigenvalue weighted by molar-refractivity contribution is 5.81. The van der Waals surface area contributed by atoms with Gasteiger partial charge in [0.05, 0.1) is 0 Å². The summed E-state index contributed by atoms with van der Waals surface area (Å²) in [6.07, 6.45) is 1.59. The van der Waals surface area contributed by atoms with Gasteiger partial charge >= 0.3 is 0 Å². The van der Waals surface area contributed by atoms with Crippen LogP contribution >= 0.6 is 0 Å². The zero-order valence-corrected chi connectivity index (χ0v) is 10.7. The first-order chi connectivity index (χ1) is 8.06. The van der Waals surface area contributed by atoms with Crippen LogP contribution in [0.15, 0.2) is 0 Å². The van der Waals surface area contributed by atoms with E-state index in [0.29, 0.717) is 32.6 Å². The standard InChI is InChI=1S/C12H22N2O3/c1-3-4-5-11(16)13-6-8-14(9-7-13)12(17)10(2)15/h10,15H,3-9H2,1-2H3. The van der Waals surface area contributed by atoms with E-state index in [-0.39, 0.29) is 11.8 Å². The summed E-state index contributed by atoms with van der Waals surface area (Å²) in [6.45, 7) is 5.76. The SMILES string of the molecule is CCCCC(=O)N1CCN(C(=O)C(C)O)CC1. The zero-order chi connectivity index (χ0) is 12.8. The highest BCUT2D eigenvalue weighted by Crippen LogP contribution is 2.07. The predicted molar refractivity (Wildman–Crippen MR) is 64.4 cm³/mol. The van der Waals surface area contributed by atoms with E-state index in [1.54, 1.807) is 4.90 Å². The Balaban J connectivity index is 2.35. The molecular weight excluding hydrogens is 220 g/mol. The van der Waals surface area contributed by atoms with Crippen LogP contribution in [0, 0.1) is 0 Å². The smallest absolute Gasteiger partial charge is 0.251 e. The molecule has 1 atom stereocenters. The van der Waals surface area contributed by atoms with Crippen LogP contribution in [0.4, 0.5) is 0 Å². The van der Waals surface area contributed by atoms with Gasteiger partial charge in [-0.1, -0.05) is 13.3 Å². The molecule has 98 valence electrons. The van der Waals surface area contributed by atoms with Crippen molar-refractivity contribution in [2.45, 2.75) is 39.2 Å². The number of carbonyl (C=O) groups excluding carboxylic acids is 2. The molecule has 0 aromatic carbocycles. The van der Waals surface area contributed by atoms with E-state index in [0.717, 1.165) is 12.8 Å². The molecule has 5 heteroatoms. The number of hydrogen-bond donors (Lipinski definition) is 1. The maximum Gasteiger partial charge on any atom is 0.251 e. The average Bonchev–Trinajstić information content (AvgIpc) is 2.35. The normalized spacial score (nSPS) is 18.1. The third-order valence-electron chi connectivity index (χ3n) is 3.05. The molecule has 2 amide bonds. The number of hydrogen-bond acceptors (Lipinski definition) is 3. The molecule has 1 heterocycles. The molecule has 1 aliphatic heterocycles. The molecule has 17 heavy (non-hydrogen) atoms. The van der Waals surface area contributed by atoms with E-state index in [2.05, 4.69) is 6.92 Å². The van der Waals surface area contributed by atoms with Gasteiger partial charge in [-0.15, -0.1) is 0 Å². The fraction of sp³-hybridized carbons (Fsp3) is 0.833. The van der Waals surface area contributed by atoms with Gasteiger partial charge in [-0.25, -0.2) is 0 Å². The summed E-state index contributed by atoms with van der Waals surface area (Å²) in [6, 6.07) is 0. The van der Waals surface area contributed by atoms with Crippen molar-refractivity contribution in [1.29, 1.82) is 0 Å². The molecular formula is C12H22N2O3. The Hall–Kier alpha value is -1.10. The van der Waals surface area contributed by atoms with Crippen molar-refractivity contribution in [3.63, 3.8) is 0 Å². The number of aliphatic hydroxyl groups is 1. The molecule has 0 aromatic rings. The lowest BCUT2D eigenvalue weighted by molar-refractivity contribution is -0.144. The summed E-state index contributed by atoms with van der Waals surface area (Å²) in [5.74, 6) is -0.0679. The molecule has 1 rings (SSSR count). The van der Waals surface area contributed by atoms with Crippen LogP contribution < -0.4 is 0 Å². The maximum atomic E-state index is 11.7. The minimum atomic E-state index is -0.947. The maximum absolute atomic E-state index is 11.7. The van der Waals surface area contributed by atoms with Crippen molar-refractivity contribution in [3.8, 4) is 0 Å². The van der Waals surface area contributed by atoms with Crippen LogP contribution in [0.5, 0.6) is 0 Å². The van der Waals surface area contributed by atoms with Gasteiger partial charge in [0.15, 0.2) is 0 Å². The summed E-state index contributed by atoms with van der Waals surface area (Å²) in [5, 5.41) is 9.19. The van der Waals surface area contributed by atoms with Crippen LogP contribution in [0.2, 0.25) is 0 Å². The van der Waals surface area contributed by atoms with Crippen molar-refractivity contribution in [2.75, 3.05) is 26.2 Å². The first-order valence-corrected chi connectivity index (χ1v) is 6.31. The molecule has 0 spiro atoms. The number of carbonyl (C=O) groups is 2. The van der Waals surface area contributed by atoms with Crippen molar-refractivity contribution in [3.05, 3.63) is 0 Å². The van der Waals surface area contributed by atoms with Gasteiger partial charge in [-0.3, -0.25) is 9.59 Å². The Morgan fingerprint density at radius 3 is 2.18 bits per heavy atom. The fourth-order valence-corrected chi connectivity index (χ4v) is 1.93. The Bertz CT molecular complexity index is 271. The van der Waals surface area contributed by atoms with Crippen LogP contribution in [0.25, 0.3) is 0 Å². The Kier molecular flexibility index (Phi) is 5.41. The van der Waals surface area contributed by atoms with E-state index in [1.165, 1.54) is 6.92 Å². The highest BCUT2D eigenvalue weighted by atomic mass is 16.3. The molecule has 0 bridgehead atoms. The first kappa shape index (κ1) is 14.0. The van der Waals surface area contributed by atoms with Gasteiger partial charge < -0.3 is 14.9 Å². The van der Waals surface area contributed by atoms with Gasteiger partial charge in [0.1, 0.15) is 6.10 Å². The number of rotatable bonds is 4. The molecule has 5 nitrogen and oxygen atoms in total. The largest absolute Gasteiger partial charge is 0.384 e. The number of nitrogens with zero attached hydrogens (tertiary/aromatic N) is 2.